The summed E-state index contributed by atoms with van der Waals surface area (Å²) in [6.45, 7) is 25.8. The van der Waals surface area contributed by atoms with Crippen molar-refractivity contribution < 1.29 is 22.7 Å². The highest BCUT2D eigenvalue weighted by Gasteiger charge is 2.70. The Kier molecular flexibility index (Phi) is 12.3. The van der Waals surface area contributed by atoms with E-state index in [4.69, 9.17) is 9.47 Å². The first-order valence-electron chi connectivity index (χ1n) is 24.3. The summed E-state index contributed by atoms with van der Waals surface area (Å²) in [7, 11) is -2.88. The Morgan fingerprint density at radius 2 is 1.76 bits per heavy atom. The van der Waals surface area contributed by atoms with Crippen molar-refractivity contribution in [1.29, 1.82) is 5.26 Å². The van der Waals surface area contributed by atoms with Crippen LogP contribution in [-0.2, 0) is 19.4 Å². The topological polar surface area (TPSA) is 122 Å². The van der Waals surface area contributed by atoms with Crippen LogP contribution in [0.1, 0.15) is 138 Å². The van der Waals surface area contributed by atoms with E-state index >= 15 is 0 Å². The van der Waals surface area contributed by atoms with Gasteiger partial charge < -0.3 is 19.7 Å². The van der Waals surface area contributed by atoms with Crippen molar-refractivity contribution in [3.63, 3.8) is 0 Å². The molecular formula is C52H76N4O5S. The van der Waals surface area contributed by atoms with Crippen molar-refractivity contribution in [1.82, 2.24) is 15.2 Å². The zero-order valence-corrected chi connectivity index (χ0v) is 39.9. The number of carbonyl (C=O) groups excluding carboxylic acids is 1. The predicted octanol–water partition coefficient (Wildman–Crippen LogP) is 9.65. The van der Waals surface area contributed by atoms with Crippen molar-refractivity contribution >= 4 is 15.8 Å². The lowest BCUT2D eigenvalue weighted by molar-refractivity contribution is -0.221. The van der Waals surface area contributed by atoms with Gasteiger partial charge in [0.25, 0.3) is 0 Å². The molecule has 7 aliphatic rings. The maximum absolute atomic E-state index is 13.6. The van der Waals surface area contributed by atoms with Gasteiger partial charge in [0.05, 0.1) is 41.8 Å². The Hall–Kier alpha value is -3.00. The van der Waals surface area contributed by atoms with E-state index in [0.29, 0.717) is 91.7 Å². The van der Waals surface area contributed by atoms with Gasteiger partial charge in [-0.15, -0.1) is 0 Å². The monoisotopic (exact) mass is 869 g/mol. The summed E-state index contributed by atoms with van der Waals surface area (Å²) < 4.78 is 35.9. The molecule has 2 heterocycles. The number of ether oxygens (including phenoxy) is 2. The van der Waals surface area contributed by atoms with Gasteiger partial charge in [0.15, 0.2) is 9.84 Å². The second kappa shape index (κ2) is 16.8. The number of nitrogens with one attached hydrogen (secondary N) is 1. The van der Waals surface area contributed by atoms with Gasteiger partial charge in [-0.25, -0.2) is 13.4 Å². The van der Waals surface area contributed by atoms with E-state index in [0.717, 1.165) is 32.4 Å². The molecule has 340 valence electrons. The smallest absolute Gasteiger partial charge is 0.312 e. The summed E-state index contributed by atoms with van der Waals surface area (Å²) in [5.41, 5.74) is 5.02. The average Bonchev–Trinajstić information content (AvgIpc) is 3.62. The molecular weight excluding hydrogens is 793 g/mol. The van der Waals surface area contributed by atoms with Gasteiger partial charge >= 0.3 is 5.97 Å². The normalized spacial score (nSPS) is 39.7. The minimum absolute atomic E-state index is 0.0169. The van der Waals surface area contributed by atoms with E-state index < -0.39 is 15.3 Å². The van der Waals surface area contributed by atoms with Crippen LogP contribution in [0.15, 0.2) is 53.8 Å². The molecule has 0 amide bonds. The lowest BCUT2D eigenvalue weighted by Crippen LogP contribution is -2.68. The van der Waals surface area contributed by atoms with Crippen LogP contribution in [0.5, 0.6) is 5.88 Å². The SMILES string of the molecule is C=C(C)[C@@H]1CC[C@]2(NCCN3CCS(=O)(=O)CC3)CC[C@]3(C)[C@H](CC[C@@H]4[C@@]5(C)CC=C(C6=CC[C@@](CCOc7cc(C#N)ccn7)(C(=O)OCC)CC6)C(C)(C)[C@@H]5CC[C@]43C)[C@@H]12. The summed E-state index contributed by atoms with van der Waals surface area (Å²) in [5, 5.41) is 13.6. The minimum atomic E-state index is -2.88. The van der Waals surface area contributed by atoms with Crippen LogP contribution in [-0.4, -0.2) is 80.7 Å². The molecule has 1 N–H and O–H groups in total. The average molecular weight is 869 g/mol. The number of rotatable bonds is 12. The second-order valence-electron chi connectivity index (χ2n) is 22.3. The number of sulfone groups is 1. The molecule has 0 radical (unpaired) electrons. The molecule has 10 atom stereocenters. The third-order valence-electron chi connectivity index (χ3n) is 19.3. The maximum Gasteiger partial charge on any atom is 0.312 e. The van der Waals surface area contributed by atoms with Gasteiger partial charge in [-0.05, 0) is 166 Å². The van der Waals surface area contributed by atoms with Crippen LogP contribution in [0, 0.1) is 68.0 Å². The molecule has 1 aromatic heterocycles. The van der Waals surface area contributed by atoms with Crippen molar-refractivity contribution in [2.75, 3.05) is 50.9 Å². The number of fused-ring (bicyclic) bond motifs is 7. The van der Waals surface area contributed by atoms with Crippen molar-refractivity contribution in [2.45, 2.75) is 137 Å². The Balaban J connectivity index is 0.995. The Bertz CT molecular complexity index is 2110. The number of nitriles is 1. The fourth-order valence-corrected chi connectivity index (χ4v) is 17.2. The quantitative estimate of drug-likeness (QED) is 0.162. The Morgan fingerprint density at radius 3 is 2.45 bits per heavy atom. The van der Waals surface area contributed by atoms with Crippen LogP contribution in [0.4, 0.5) is 0 Å². The van der Waals surface area contributed by atoms with Gasteiger partial charge in [0.2, 0.25) is 5.88 Å². The number of allylic oxidation sites excluding steroid dienone is 5. The highest BCUT2D eigenvalue weighted by Crippen LogP contribution is 2.76. The molecule has 9 nitrogen and oxygen atoms in total. The van der Waals surface area contributed by atoms with E-state index in [1.54, 1.807) is 18.3 Å². The van der Waals surface area contributed by atoms with Gasteiger partial charge in [-0.3, -0.25) is 4.79 Å². The molecule has 6 aliphatic carbocycles. The molecule has 0 unspecified atom stereocenters. The summed E-state index contributed by atoms with van der Waals surface area (Å²) in [5.74, 6) is 3.90. The van der Waals surface area contributed by atoms with Crippen LogP contribution in [0.25, 0.3) is 0 Å². The van der Waals surface area contributed by atoms with E-state index in [1.807, 2.05) is 6.92 Å². The van der Waals surface area contributed by atoms with Crippen LogP contribution < -0.4 is 10.1 Å². The number of carbonyl (C=O) groups is 1. The molecule has 8 rings (SSSR count). The Morgan fingerprint density at radius 1 is 0.984 bits per heavy atom. The third-order valence-corrected chi connectivity index (χ3v) is 21.0. The zero-order valence-electron chi connectivity index (χ0n) is 39.1. The lowest BCUT2D eigenvalue weighted by Gasteiger charge is -2.72. The van der Waals surface area contributed by atoms with Gasteiger partial charge in [-0.2, -0.15) is 5.26 Å². The van der Waals surface area contributed by atoms with Gasteiger partial charge in [0.1, 0.15) is 0 Å². The molecule has 0 aromatic carbocycles. The molecule has 4 saturated carbocycles. The molecule has 1 aliphatic heterocycles. The predicted molar refractivity (Wildman–Crippen MR) is 246 cm³/mol. The van der Waals surface area contributed by atoms with E-state index in [-0.39, 0.29) is 33.2 Å². The highest BCUT2D eigenvalue weighted by atomic mass is 32.2. The molecule has 5 fully saturated rings. The number of aromatic nitrogens is 1. The Labute approximate surface area is 373 Å². The zero-order chi connectivity index (χ0) is 44.3. The van der Waals surface area contributed by atoms with Crippen LogP contribution in [0.2, 0.25) is 0 Å². The largest absolute Gasteiger partial charge is 0.478 e. The van der Waals surface area contributed by atoms with E-state index in [9.17, 15) is 18.5 Å². The molecule has 0 spiro atoms. The van der Waals surface area contributed by atoms with E-state index in [1.165, 1.54) is 68.1 Å². The van der Waals surface area contributed by atoms with Crippen molar-refractivity contribution in [2.24, 2.45) is 56.7 Å². The van der Waals surface area contributed by atoms with Crippen molar-refractivity contribution in [3.8, 4) is 11.9 Å². The first-order valence-corrected chi connectivity index (χ1v) is 26.1. The van der Waals surface area contributed by atoms with Crippen LogP contribution >= 0.6 is 0 Å². The molecule has 62 heavy (non-hydrogen) atoms. The number of esters is 1. The number of pyridine rings is 1. The summed E-state index contributed by atoms with van der Waals surface area (Å²) in [6.07, 6.45) is 20.5. The van der Waals surface area contributed by atoms with Gasteiger partial charge in [-0.1, -0.05) is 58.9 Å². The highest BCUT2D eigenvalue weighted by molar-refractivity contribution is 7.91. The van der Waals surface area contributed by atoms with Crippen LogP contribution in [0.3, 0.4) is 0 Å². The molecule has 0 bridgehead atoms. The summed E-state index contributed by atoms with van der Waals surface area (Å²) >= 11 is 0. The molecule has 1 saturated heterocycles. The first kappa shape index (κ1) is 45.6. The summed E-state index contributed by atoms with van der Waals surface area (Å²) in [6, 6.07) is 5.45. The maximum atomic E-state index is 13.6. The molecule has 1 aromatic rings. The number of hydrogen-bond donors (Lipinski definition) is 1. The van der Waals surface area contributed by atoms with Crippen molar-refractivity contribution in [3.05, 3.63) is 59.3 Å². The fraction of sp³-hybridized carbons (Fsp3) is 0.750. The minimum Gasteiger partial charge on any atom is -0.478 e. The lowest BCUT2D eigenvalue weighted by atomic mass is 9.33. The standard InChI is InChI=1S/C52H76N4O5S/c1-9-60-46(57)51(25-31-61-44-34-37(35-53)17-26-54-44)20-12-38(13-21-51)40-15-18-48(6)42(47(40,4)5)16-19-50(8)43(48)11-10-41-45-39(36(2)3)14-22-52(45,24-23-49(41,50)7)55-27-28-56-29-32-62(58,59)33-30-56/h12,15,17,26,34,39,41-43,45,55H,2,9-11,13-14,16,18-25,27-33H2,1,3-8H3/t39-,41+,42-,43+,45+,48-,49+,50+,51+,52-/m0/s1. The third kappa shape index (κ3) is 7.64. The summed E-state index contributed by atoms with van der Waals surface area (Å²) in [4.78, 5) is 20.3. The number of nitrogens with zero attached hydrogens (tertiary/aromatic N) is 3. The number of hydrogen-bond acceptors (Lipinski definition) is 9. The van der Waals surface area contributed by atoms with E-state index in [2.05, 4.69) is 81.5 Å². The van der Waals surface area contributed by atoms with Gasteiger partial charge in [0, 0.05) is 44.0 Å². The molecule has 10 heteroatoms. The second-order valence-corrected chi connectivity index (χ2v) is 24.6. The fourth-order valence-electron chi connectivity index (χ4n) is 15.9. The first-order chi connectivity index (χ1) is 29.4.